The Morgan fingerprint density at radius 2 is 2.11 bits per heavy atom. The molecule has 1 N–H and O–H groups in total. The first-order valence-electron chi connectivity index (χ1n) is 5.08. The quantitative estimate of drug-likeness (QED) is 0.888. The number of halogens is 2. The van der Waals surface area contributed by atoms with E-state index in [-0.39, 0.29) is 11.6 Å². The van der Waals surface area contributed by atoms with Gasteiger partial charge in [-0.1, -0.05) is 6.07 Å². The molecule has 1 aromatic carbocycles. The molecule has 7 heteroatoms. The topological polar surface area (TPSA) is 57.6 Å². The minimum absolute atomic E-state index is 0.158. The predicted molar refractivity (Wildman–Crippen MR) is 61.3 cm³/mol. The first-order valence-corrected chi connectivity index (χ1v) is 6.23. The lowest BCUT2D eigenvalue weighted by atomic mass is 10.1. The Morgan fingerprint density at radius 1 is 1.39 bits per heavy atom. The molecule has 4 nitrogen and oxygen atoms in total. The molecule has 0 unspecified atom stereocenters. The van der Waals surface area contributed by atoms with Crippen molar-refractivity contribution in [1.82, 2.24) is 4.90 Å². The second-order valence-electron chi connectivity index (χ2n) is 3.73. The highest BCUT2D eigenvalue weighted by Crippen LogP contribution is 2.24. The number of carboxylic acid groups (broad SMARTS) is 1. The molecule has 1 atom stereocenters. The number of nitrogens with zero attached hydrogens (tertiary/aromatic N) is 1. The molecule has 0 radical (unpaired) electrons. The van der Waals surface area contributed by atoms with Gasteiger partial charge in [-0.2, -0.15) is 0 Å². The third kappa shape index (κ3) is 2.17. The standard InChI is InChI=1S/C11H9F2NO3S/c12-7-3-1-2-6(9(7)13)10(15)14-5-18-4-8(14)11(16)17/h1-3,8H,4-5H2,(H,16,17)/t8-/m0/s1. The Hall–Kier alpha value is -1.63. The molecule has 18 heavy (non-hydrogen) atoms. The first-order chi connectivity index (χ1) is 8.52. The van der Waals surface area contributed by atoms with Crippen LogP contribution in [0.25, 0.3) is 0 Å². The van der Waals surface area contributed by atoms with E-state index in [1.165, 1.54) is 17.8 Å². The van der Waals surface area contributed by atoms with Crippen molar-refractivity contribution in [3.8, 4) is 0 Å². The lowest BCUT2D eigenvalue weighted by molar-refractivity contribution is -0.140. The van der Waals surface area contributed by atoms with Gasteiger partial charge in [-0.3, -0.25) is 4.79 Å². The summed E-state index contributed by atoms with van der Waals surface area (Å²) in [5, 5.41) is 8.93. The maximum absolute atomic E-state index is 13.5. The van der Waals surface area contributed by atoms with Gasteiger partial charge in [-0.25, -0.2) is 13.6 Å². The van der Waals surface area contributed by atoms with E-state index in [0.29, 0.717) is 0 Å². The normalized spacial score (nSPS) is 19.0. The van der Waals surface area contributed by atoms with E-state index < -0.39 is 35.1 Å². The summed E-state index contributed by atoms with van der Waals surface area (Å²) >= 11 is 1.26. The van der Waals surface area contributed by atoms with Crippen LogP contribution in [0.4, 0.5) is 8.78 Å². The van der Waals surface area contributed by atoms with Crippen molar-refractivity contribution < 1.29 is 23.5 Å². The molecule has 2 rings (SSSR count). The van der Waals surface area contributed by atoms with E-state index in [9.17, 15) is 18.4 Å². The molecule has 1 aromatic rings. The van der Waals surface area contributed by atoms with Crippen LogP contribution < -0.4 is 0 Å². The van der Waals surface area contributed by atoms with Gasteiger partial charge >= 0.3 is 5.97 Å². The van der Waals surface area contributed by atoms with Crippen LogP contribution in [0.15, 0.2) is 18.2 Å². The molecule has 1 amide bonds. The van der Waals surface area contributed by atoms with Crippen molar-refractivity contribution >= 4 is 23.6 Å². The number of carbonyl (C=O) groups is 2. The molecular formula is C11H9F2NO3S. The summed E-state index contributed by atoms with van der Waals surface area (Å²) < 4.78 is 26.5. The summed E-state index contributed by atoms with van der Waals surface area (Å²) in [7, 11) is 0. The fraction of sp³-hybridized carbons (Fsp3) is 0.273. The number of carbonyl (C=O) groups excluding carboxylic acids is 1. The largest absolute Gasteiger partial charge is 0.480 e. The van der Waals surface area contributed by atoms with E-state index in [1.807, 2.05) is 0 Å². The average Bonchev–Trinajstić information content (AvgIpc) is 2.81. The lowest BCUT2D eigenvalue weighted by Gasteiger charge is -2.20. The Labute approximate surface area is 106 Å². The van der Waals surface area contributed by atoms with Crippen LogP contribution in [-0.2, 0) is 4.79 Å². The summed E-state index contributed by atoms with van der Waals surface area (Å²) in [6.45, 7) is 0. The van der Waals surface area contributed by atoms with E-state index in [4.69, 9.17) is 5.11 Å². The van der Waals surface area contributed by atoms with Crippen LogP contribution in [0.1, 0.15) is 10.4 Å². The molecule has 0 aromatic heterocycles. The zero-order valence-electron chi connectivity index (χ0n) is 9.10. The van der Waals surface area contributed by atoms with E-state index in [1.54, 1.807) is 0 Å². The number of thioether (sulfide) groups is 1. The minimum Gasteiger partial charge on any atom is -0.480 e. The second kappa shape index (κ2) is 4.93. The molecule has 0 bridgehead atoms. The lowest BCUT2D eigenvalue weighted by Crippen LogP contribution is -2.42. The zero-order valence-corrected chi connectivity index (χ0v) is 9.92. The van der Waals surface area contributed by atoms with Crippen molar-refractivity contribution in [1.29, 1.82) is 0 Å². The monoisotopic (exact) mass is 273 g/mol. The van der Waals surface area contributed by atoms with Gasteiger partial charge in [0.2, 0.25) is 0 Å². The summed E-state index contributed by atoms with van der Waals surface area (Å²) in [5.74, 6) is -3.92. The van der Waals surface area contributed by atoms with Gasteiger partial charge in [-0.15, -0.1) is 11.8 Å². The molecular weight excluding hydrogens is 264 g/mol. The smallest absolute Gasteiger partial charge is 0.327 e. The number of benzene rings is 1. The summed E-state index contributed by atoms with van der Waals surface area (Å²) in [4.78, 5) is 23.9. The molecule has 1 fully saturated rings. The Bertz CT molecular complexity index is 509. The van der Waals surface area contributed by atoms with Crippen molar-refractivity contribution in [2.24, 2.45) is 0 Å². The number of hydrogen-bond acceptors (Lipinski definition) is 3. The van der Waals surface area contributed by atoms with Crippen LogP contribution in [0.5, 0.6) is 0 Å². The third-order valence-corrected chi connectivity index (χ3v) is 3.62. The second-order valence-corrected chi connectivity index (χ2v) is 4.73. The van der Waals surface area contributed by atoms with Crippen LogP contribution in [-0.4, -0.2) is 39.6 Å². The van der Waals surface area contributed by atoms with Gasteiger partial charge in [0.05, 0.1) is 11.4 Å². The highest BCUT2D eigenvalue weighted by molar-refractivity contribution is 7.99. The SMILES string of the molecule is O=C(O)[C@@H]1CSCN1C(=O)c1cccc(F)c1F. The molecule has 0 saturated carbocycles. The van der Waals surface area contributed by atoms with Gasteiger partial charge in [-0.05, 0) is 12.1 Å². The van der Waals surface area contributed by atoms with Crippen molar-refractivity contribution in [2.75, 3.05) is 11.6 Å². The first kappa shape index (κ1) is 12.8. The number of rotatable bonds is 2. The average molecular weight is 273 g/mol. The van der Waals surface area contributed by atoms with E-state index in [2.05, 4.69) is 0 Å². The van der Waals surface area contributed by atoms with Gasteiger partial charge in [0.1, 0.15) is 6.04 Å². The van der Waals surface area contributed by atoms with Crippen LogP contribution in [0.2, 0.25) is 0 Å². The van der Waals surface area contributed by atoms with Crippen molar-refractivity contribution in [3.05, 3.63) is 35.4 Å². The van der Waals surface area contributed by atoms with Crippen molar-refractivity contribution in [2.45, 2.75) is 6.04 Å². The molecule has 1 saturated heterocycles. The third-order valence-electron chi connectivity index (χ3n) is 2.61. The summed E-state index contributed by atoms with van der Waals surface area (Å²) in [6.07, 6.45) is 0. The van der Waals surface area contributed by atoms with Gasteiger partial charge in [0.15, 0.2) is 11.6 Å². The van der Waals surface area contributed by atoms with Crippen LogP contribution in [0.3, 0.4) is 0 Å². The van der Waals surface area contributed by atoms with Gasteiger partial charge in [0, 0.05) is 5.75 Å². The van der Waals surface area contributed by atoms with Gasteiger partial charge < -0.3 is 10.0 Å². The van der Waals surface area contributed by atoms with Crippen molar-refractivity contribution in [3.63, 3.8) is 0 Å². The predicted octanol–water partition coefficient (Wildman–Crippen LogP) is 1.56. The van der Waals surface area contributed by atoms with Crippen LogP contribution in [0, 0.1) is 11.6 Å². The summed E-state index contributed by atoms with van der Waals surface area (Å²) in [5.41, 5.74) is -0.441. The highest BCUT2D eigenvalue weighted by atomic mass is 32.2. The molecule has 0 aliphatic carbocycles. The Morgan fingerprint density at radius 3 is 2.78 bits per heavy atom. The Balaban J connectivity index is 2.31. The van der Waals surface area contributed by atoms with E-state index in [0.717, 1.165) is 17.0 Å². The molecule has 0 spiro atoms. The molecule has 1 aliphatic heterocycles. The number of hydrogen-bond donors (Lipinski definition) is 1. The molecule has 1 heterocycles. The van der Waals surface area contributed by atoms with E-state index >= 15 is 0 Å². The fourth-order valence-corrected chi connectivity index (χ4v) is 2.82. The number of amides is 1. The zero-order chi connectivity index (χ0) is 13.3. The molecule has 1 aliphatic rings. The maximum Gasteiger partial charge on any atom is 0.327 e. The Kier molecular flexibility index (Phi) is 3.51. The van der Waals surface area contributed by atoms with Crippen LogP contribution >= 0.6 is 11.8 Å². The highest BCUT2D eigenvalue weighted by Gasteiger charge is 2.36. The number of aliphatic carboxylic acids is 1. The fourth-order valence-electron chi connectivity index (χ4n) is 1.67. The minimum atomic E-state index is -1.25. The summed E-state index contributed by atoms with van der Waals surface area (Å²) in [6, 6.07) is 2.26. The maximum atomic E-state index is 13.5. The molecule has 96 valence electrons. The van der Waals surface area contributed by atoms with Gasteiger partial charge in [0.25, 0.3) is 5.91 Å². The number of carboxylic acids is 1.